The van der Waals surface area contributed by atoms with Gasteiger partial charge in [-0.2, -0.15) is 10.4 Å². The summed E-state index contributed by atoms with van der Waals surface area (Å²) in [5.41, 5.74) is 2.40. The molecule has 0 unspecified atom stereocenters. The van der Waals surface area contributed by atoms with Gasteiger partial charge in [0, 0.05) is 24.6 Å². The Labute approximate surface area is 124 Å². The summed E-state index contributed by atoms with van der Waals surface area (Å²) in [6.45, 7) is 4.47. The highest BCUT2D eigenvalue weighted by Gasteiger charge is 2.36. The molecule has 1 aromatic heterocycles. The number of carbonyl (C=O) groups is 1. The summed E-state index contributed by atoms with van der Waals surface area (Å²) in [5, 5.41) is 16.0. The summed E-state index contributed by atoms with van der Waals surface area (Å²) in [6, 6.07) is 2.40. The third kappa shape index (κ3) is 2.66. The Bertz CT molecular complexity index is 585. The second-order valence-corrected chi connectivity index (χ2v) is 5.90. The zero-order chi connectivity index (χ0) is 15.0. The fourth-order valence-corrected chi connectivity index (χ4v) is 2.99. The minimum absolute atomic E-state index is 0.0495. The van der Waals surface area contributed by atoms with Crippen molar-refractivity contribution in [3.8, 4) is 6.07 Å². The van der Waals surface area contributed by atoms with E-state index in [2.05, 4.69) is 16.3 Å². The molecule has 21 heavy (non-hydrogen) atoms. The number of nitriles is 1. The molecule has 1 fully saturated rings. The van der Waals surface area contributed by atoms with Gasteiger partial charge in [0.2, 0.25) is 0 Å². The lowest BCUT2D eigenvalue weighted by Gasteiger charge is -2.26. The molecule has 2 aliphatic rings. The van der Waals surface area contributed by atoms with Gasteiger partial charge in [-0.1, -0.05) is 0 Å². The van der Waals surface area contributed by atoms with Crippen LogP contribution < -0.4 is 0 Å². The minimum atomic E-state index is -0.0636. The van der Waals surface area contributed by atoms with Gasteiger partial charge in [0.15, 0.2) is 5.69 Å². The lowest BCUT2D eigenvalue weighted by molar-refractivity contribution is -0.00702. The van der Waals surface area contributed by atoms with E-state index >= 15 is 0 Å². The second kappa shape index (κ2) is 5.49. The highest BCUT2D eigenvalue weighted by molar-refractivity contribution is 5.94. The van der Waals surface area contributed by atoms with Crippen molar-refractivity contribution in [2.75, 3.05) is 6.54 Å². The standard InChI is InChI=1S/C15H20N4O2/c1-9-8-12-13(10(2)21-9)17-18-14(12)15(20)19(7-3-6-16)11-4-5-11/h9-11H,3-5,7-8H2,1-2H3,(H,17,18)/t9-,10+/m1/s1. The van der Waals surface area contributed by atoms with Crippen LogP contribution in [0.5, 0.6) is 0 Å². The van der Waals surface area contributed by atoms with E-state index in [1.807, 2.05) is 18.7 Å². The first kappa shape index (κ1) is 14.1. The quantitative estimate of drug-likeness (QED) is 0.918. The first-order valence-corrected chi connectivity index (χ1v) is 7.52. The van der Waals surface area contributed by atoms with Crippen molar-refractivity contribution in [2.24, 2.45) is 0 Å². The number of hydrogen-bond donors (Lipinski definition) is 1. The Morgan fingerprint density at radius 2 is 2.29 bits per heavy atom. The summed E-state index contributed by atoms with van der Waals surface area (Å²) in [4.78, 5) is 14.6. The maximum Gasteiger partial charge on any atom is 0.274 e. The van der Waals surface area contributed by atoms with Crippen molar-refractivity contribution in [3.63, 3.8) is 0 Å². The normalized spacial score (nSPS) is 24.2. The predicted octanol–water partition coefficient (Wildman–Crippen LogP) is 1.95. The maximum absolute atomic E-state index is 12.8. The zero-order valence-corrected chi connectivity index (χ0v) is 12.4. The first-order valence-electron chi connectivity index (χ1n) is 7.52. The van der Waals surface area contributed by atoms with Gasteiger partial charge in [-0.15, -0.1) is 0 Å². The van der Waals surface area contributed by atoms with E-state index < -0.39 is 0 Å². The van der Waals surface area contributed by atoms with E-state index in [1.54, 1.807) is 0 Å². The fraction of sp³-hybridized carbons (Fsp3) is 0.667. The summed E-state index contributed by atoms with van der Waals surface area (Å²) >= 11 is 0. The fourth-order valence-electron chi connectivity index (χ4n) is 2.99. The number of hydrogen-bond acceptors (Lipinski definition) is 4. The molecule has 3 rings (SSSR count). The Balaban J connectivity index is 1.86. The number of nitrogens with zero attached hydrogens (tertiary/aromatic N) is 3. The number of carbonyl (C=O) groups excluding carboxylic acids is 1. The molecule has 6 heteroatoms. The summed E-state index contributed by atoms with van der Waals surface area (Å²) in [7, 11) is 0. The van der Waals surface area contributed by atoms with E-state index in [1.165, 1.54) is 0 Å². The zero-order valence-electron chi connectivity index (χ0n) is 12.4. The van der Waals surface area contributed by atoms with Gasteiger partial charge in [-0.05, 0) is 26.7 Å². The van der Waals surface area contributed by atoms with E-state index in [0.717, 1.165) is 24.1 Å². The SMILES string of the molecule is C[C@@H]1Cc2c(C(=O)N(CCC#N)C3CC3)n[nH]c2[C@H](C)O1. The molecule has 0 aromatic carbocycles. The van der Waals surface area contributed by atoms with Gasteiger partial charge in [0.05, 0.1) is 30.4 Å². The van der Waals surface area contributed by atoms with Crippen molar-refractivity contribution in [2.45, 2.75) is 57.8 Å². The van der Waals surface area contributed by atoms with E-state index in [4.69, 9.17) is 10.00 Å². The van der Waals surface area contributed by atoms with Crippen molar-refractivity contribution >= 4 is 5.91 Å². The molecule has 112 valence electrons. The lowest BCUT2D eigenvalue weighted by Crippen LogP contribution is -2.35. The first-order chi connectivity index (χ1) is 10.1. The van der Waals surface area contributed by atoms with Gasteiger partial charge in [-0.3, -0.25) is 9.89 Å². The smallest absolute Gasteiger partial charge is 0.274 e. The van der Waals surface area contributed by atoms with Crippen LogP contribution in [0.1, 0.15) is 61.0 Å². The summed E-state index contributed by atoms with van der Waals surface area (Å²) in [5.74, 6) is -0.0495. The average Bonchev–Trinajstić information content (AvgIpc) is 3.18. The van der Waals surface area contributed by atoms with Crippen LogP contribution in [0.4, 0.5) is 0 Å². The monoisotopic (exact) mass is 288 g/mol. The molecule has 1 aromatic rings. The van der Waals surface area contributed by atoms with Crippen molar-refractivity contribution in [3.05, 3.63) is 17.0 Å². The highest BCUT2D eigenvalue weighted by Crippen LogP contribution is 2.33. The van der Waals surface area contributed by atoms with Crippen LogP contribution >= 0.6 is 0 Å². The number of ether oxygens (including phenoxy) is 1. The maximum atomic E-state index is 12.8. The molecule has 0 radical (unpaired) electrons. The molecule has 1 saturated carbocycles. The topological polar surface area (TPSA) is 82.0 Å². The Morgan fingerprint density at radius 1 is 1.52 bits per heavy atom. The number of fused-ring (bicyclic) bond motifs is 1. The molecule has 2 atom stereocenters. The van der Waals surface area contributed by atoms with Gasteiger partial charge in [0.25, 0.3) is 5.91 Å². The molecule has 1 aliphatic heterocycles. The molecular formula is C15H20N4O2. The third-order valence-corrected chi connectivity index (χ3v) is 4.15. The van der Waals surface area contributed by atoms with Gasteiger partial charge >= 0.3 is 0 Å². The number of nitrogens with one attached hydrogen (secondary N) is 1. The number of rotatable bonds is 4. The Hall–Kier alpha value is -1.87. The van der Waals surface area contributed by atoms with Crippen LogP contribution in [-0.4, -0.2) is 39.7 Å². The molecule has 1 amide bonds. The predicted molar refractivity (Wildman–Crippen MR) is 75.5 cm³/mol. The Kier molecular flexibility index (Phi) is 3.68. The van der Waals surface area contributed by atoms with Gasteiger partial charge < -0.3 is 9.64 Å². The van der Waals surface area contributed by atoms with E-state index in [0.29, 0.717) is 25.1 Å². The molecule has 0 bridgehead atoms. The molecule has 1 N–H and O–H groups in total. The van der Waals surface area contributed by atoms with Crippen molar-refractivity contribution in [1.29, 1.82) is 5.26 Å². The number of aromatic nitrogens is 2. The van der Waals surface area contributed by atoms with Crippen LogP contribution in [0, 0.1) is 11.3 Å². The van der Waals surface area contributed by atoms with Gasteiger partial charge in [0.1, 0.15) is 0 Å². The van der Waals surface area contributed by atoms with Crippen LogP contribution in [0.15, 0.2) is 0 Å². The molecule has 0 saturated heterocycles. The average molecular weight is 288 g/mol. The number of H-pyrrole nitrogens is 1. The van der Waals surface area contributed by atoms with Crippen LogP contribution in [0.2, 0.25) is 0 Å². The largest absolute Gasteiger partial charge is 0.369 e. The summed E-state index contributed by atoms with van der Waals surface area (Å²) in [6.07, 6.45) is 3.15. The van der Waals surface area contributed by atoms with E-state index in [-0.39, 0.29) is 24.2 Å². The lowest BCUT2D eigenvalue weighted by atomic mass is 9.99. The molecule has 1 aliphatic carbocycles. The van der Waals surface area contributed by atoms with Crippen molar-refractivity contribution in [1.82, 2.24) is 15.1 Å². The Morgan fingerprint density at radius 3 is 2.95 bits per heavy atom. The molecule has 0 spiro atoms. The minimum Gasteiger partial charge on any atom is -0.369 e. The summed E-state index contributed by atoms with van der Waals surface area (Å²) < 4.78 is 5.75. The number of amides is 1. The number of aromatic amines is 1. The third-order valence-electron chi connectivity index (χ3n) is 4.15. The molecule has 2 heterocycles. The van der Waals surface area contributed by atoms with Gasteiger partial charge in [-0.25, -0.2) is 0 Å². The second-order valence-electron chi connectivity index (χ2n) is 5.90. The van der Waals surface area contributed by atoms with Crippen LogP contribution in [-0.2, 0) is 11.2 Å². The highest BCUT2D eigenvalue weighted by atomic mass is 16.5. The van der Waals surface area contributed by atoms with Crippen LogP contribution in [0.3, 0.4) is 0 Å². The molecule has 6 nitrogen and oxygen atoms in total. The van der Waals surface area contributed by atoms with E-state index in [9.17, 15) is 4.79 Å². The molecular weight excluding hydrogens is 268 g/mol. The van der Waals surface area contributed by atoms with Crippen molar-refractivity contribution < 1.29 is 9.53 Å². The van der Waals surface area contributed by atoms with Crippen LogP contribution in [0.25, 0.3) is 0 Å².